The lowest BCUT2D eigenvalue weighted by atomic mass is 10.1. The van der Waals surface area contributed by atoms with Gasteiger partial charge in [-0.25, -0.2) is 9.78 Å². The fourth-order valence-corrected chi connectivity index (χ4v) is 2.08. The molecule has 0 aliphatic carbocycles. The van der Waals surface area contributed by atoms with Crippen molar-refractivity contribution in [3.63, 3.8) is 0 Å². The normalized spacial score (nSPS) is 10.7. The molecule has 1 heterocycles. The summed E-state index contributed by atoms with van der Waals surface area (Å²) in [5.74, 6) is -0.434. The second-order valence-electron chi connectivity index (χ2n) is 4.74. The number of pyridine rings is 1. The Hall–Kier alpha value is -2.10. The van der Waals surface area contributed by atoms with Crippen LogP contribution in [0.15, 0.2) is 30.3 Å². The summed E-state index contributed by atoms with van der Waals surface area (Å²) >= 11 is 0. The van der Waals surface area contributed by atoms with E-state index in [-0.39, 0.29) is 5.69 Å². The van der Waals surface area contributed by atoms with Crippen molar-refractivity contribution in [2.24, 2.45) is 0 Å². The lowest BCUT2D eigenvalue weighted by Crippen LogP contribution is -2.04. The van der Waals surface area contributed by atoms with Crippen LogP contribution < -0.4 is 4.74 Å². The van der Waals surface area contributed by atoms with E-state index < -0.39 is 5.97 Å². The van der Waals surface area contributed by atoms with Gasteiger partial charge in [-0.15, -0.1) is 0 Å². The van der Waals surface area contributed by atoms with E-state index in [1.165, 1.54) is 18.9 Å². The quantitative estimate of drug-likeness (QED) is 0.777. The van der Waals surface area contributed by atoms with Gasteiger partial charge in [0.2, 0.25) is 0 Å². The Labute approximate surface area is 118 Å². The molecule has 4 heteroatoms. The molecule has 4 nitrogen and oxygen atoms in total. The highest BCUT2D eigenvalue weighted by molar-refractivity contribution is 5.93. The highest BCUT2D eigenvalue weighted by atomic mass is 16.5. The van der Waals surface area contributed by atoms with E-state index in [0.29, 0.717) is 17.9 Å². The van der Waals surface area contributed by atoms with Crippen molar-refractivity contribution >= 4 is 16.9 Å². The number of unbranched alkanes of at least 4 members (excludes halogenated alkanes) is 3. The summed E-state index contributed by atoms with van der Waals surface area (Å²) in [5.41, 5.74) is 0.670. The number of carboxylic acid groups (broad SMARTS) is 1. The topological polar surface area (TPSA) is 59.4 Å². The number of benzene rings is 1. The van der Waals surface area contributed by atoms with Crippen LogP contribution in [0, 0.1) is 0 Å². The van der Waals surface area contributed by atoms with Gasteiger partial charge in [-0.3, -0.25) is 0 Å². The van der Waals surface area contributed by atoms with E-state index in [1.54, 1.807) is 6.07 Å². The highest BCUT2D eigenvalue weighted by Crippen LogP contribution is 2.25. The van der Waals surface area contributed by atoms with Gasteiger partial charge in [-0.2, -0.15) is 0 Å². The second-order valence-corrected chi connectivity index (χ2v) is 4.74. The van der Waals surface area contributed by atoms with Gasteiger partial charge in [0, 0.05) is 11.5 Å². The third-order valence-electron chi connectivity index (χ3n) is 3.15. The first kappa shape index (κ1) is 14.3. The number of ether oxygens (including phenoxy) is 1. The first-order valence-corrected chi connectivity index (χ1v) is 6.98. The summed E-state index contributed by atoms with van der Waals surface area (Å²) in [7, 11) is 0. The number of aromatic carboxylic acids is 1. The Morgan fingerprint density at radius 2 is 2.05 bits per heavy atom. The van der Waals surface area contributed by atoms with Crippen LogP contribution in [0.25, 0.3) is 10.9 Å². The number of hydrogen-bond acceptors (Lipinski definition) is 3. The van der Waals surface area contributed by atoms with E-state index in [9.17, 15) is 4.79 Å². The maximum absolute atomic E-state index is 11.1. The number of hydrogen-bond donors (Lipinski definition) is 1. The van der Waals surface area contributed by atoms with Crippen LogP contribution in [0.3, 0.4) is 0 Å². The third-order valence-corrected chi connectivity index (χ3v) is 3.15. The molecule has 106 valence electrons. The van der Waals surface area contributed by atoms with Crippen LogP contribution in [-0.2, 0) is 0 Å². The van der Waals surface area contributed by atoms with Crippen molar-refractivity contribution < 1.29 is 14.6 Å². The van der Waals surface area contributed by atoms with Crippen LogP contribution in [0.4, 0.5) is 0 Å². The van der Waals surface area contributed by atoms with Crippen molar-refractivity contribution in [3.05, 3.63) is 36.0 Å². The van der Waals surface area contributed by atoms with Crippen molar-refractivity contribution in [2.45, 2.75) is 32.6 Å². The van der Waals surface area contributed by atoms with Crippen LogP contribution in [0.5, 0.6) is 5.75 Å². The minimum absolute atomic E-state index is 0.0206. The molecule has 0 amide bonds. The van der Waals surface area contributed by atoms with Gasteiger partial charge in [0.1, 0.15) is 5.75 Å². The fourth-order valence-electron chi connectivity index (χ4n) is 2.08. The molecule has 20 heavy (non-hydrogen) atoms. The van der Waals surface area contributed by atoms with E-state index in [4.69, 9.17) is 9.84 Å². The third kappa shape index (κ3) is 3.47. The smallest absolute Gasteiger partial charge is 0.354 e. The Morgan fingerprint density at radius 3 is 2.80 bits per heavy atom. The lowest BCUT2D eigenvalue weighted by molar-refractivity contribution is 0.0690. The summed E-state index contributed by atoms with van der Waals surface area (Å²) in [6, 6.07) is 8.94. The van der Waals surface area contributed by atoms with Crippen LogP contribution in [0.1, 0.15) is 43.1 Å². The van der Waals surface area contributed by atoms with Gasteiger partial charge < -0.3 is 9.84 Å². The SMILES string of the molecule is CCCCCCOc1cc(C(=O)O)nc2ccccc12. The van der Waals surface area contributed by atoms with Crippen LogP contribution in [0.2, 0.25) is 0 Å². The molecule has 0 atom stereocenters. The molecule has 0 aliphatic heterocycles. The van der Waals surface area contributed by atoms with Crippen LogP contribution >= 0.6 is 0 Å². The Bertz CT molecular complexity index is 595. The zero-order chi connectivity index (χ0) is 14.4. The number of carboxylic acids is 1. The molecule has 0 saturated heterocycles. The van der Waals surface area contributed by atoms with E-state index >= 15 is 0 Å². The summed E-state index contributed by atoms with van der Waals surface area (Å²) in [5, 5.41) is 9.95. The summed E-state index contributed by atoms with van der Waals surface area (Å²) in [6.45, 7) is 2.77. The molecule has 0 spiro atoms. The Morgan fingerprint density at radius 1 is 1.25 bits per heavy atom. The minimum Gasteiger partial charge on any atom is -0.493 e. The van der Waals surface area contributed by atoms with Gasteiger partial charge in [0.25, 0.3) is 0 Å². The molecule has 2 rings (SSSR count). The van der Waals surface area contributed by atoms with Gasteiger partial charge in [-0.05, 0) is 18.6 Å². The van der Waals surface area contributed by atoms with Gasteiger partial charge >= 0.3 is 5.97 Å². The van der Waals surface area contributed by atoms with Crippen molar-refractivity contribution in [2.75, 3.05) is 6.61 Å². The van der Waals surface area contributed by atoms with Crippen molar-refractivity contribution in [3.8, 4) is 5.75 Å². The predicted octanol–water partition coefficient (Wildman–Crippen LogP) is 3.89. The number of rotatable bonds is 7. The molecule has 0 bridgehead atoms. The van der Waals surface area contributed by atoms with Crippen LogP contribution in [-0.4, -0.2) is 22.7 Å². The van der Waals surface area contributed by atoms with Crippen molar-refractivity contribution in [1.82, 2.24) is 4.98 Å². The Kier molecular flexibility index (Phi) is 4.93. The maximum Gasteiger partial charge on any atom is 0.354 e. The monoisotopic (exact) mass is 273 g/mol. The summed E-state index contributed by atoms with van der Waals surface area (Å²) in [6.07, 6.45) is 4.49. The summed E-state index contributed by atoms with van der Waals surface area (Å²) in [4.78, 5) is 15.2. The molecule has 1 aromatic carbocycles. The minimum atomic E-state index is -1.04. The number of fused-ring (bicyclic) bond motifs is 1. The van der Waals surface area contributed by atoms with Gasteiger partial charge in [-0.1, -0.05) is 38.3 Å². The van der Waals surface area contributed by atoms with E-state index in [2.05, 4.69) is 11.9 Å². The van der Waals surface area contributed by atoms with Crippen molar-refractivity contribution in [1.29, 1.82) is 0 Å². The fraction of sp³-hybridized carbons (Fsp3) is 0.375. The summed E-state index contributed by atoms with van der Waals surface area (Å²) < 4.78 is 5.75. The molecular weight excluding hydrogens is 254 g/mol. The molecule has 1 N–H and O–H groups in total. The molecule has 0 radical (unpaired) electrons. The zero-order valence-electron chi connectivity index (χ0n) is 11.6. The highest BCUT2D eigenvalue weighted by Gasteiger charge is 2.11. The Balaban J connectivity index is 2.19. The molecule has 0 unspecified atom stereocenters. The molecular formula is C16H19NO3. The number of para-hydroxylation sites is 1. The average molecular weight is 273 g/mol. The second kappa shape index (κ2) is 6.89. The lowest BCUT2D eigenvalue weighted by Gasteiger charge is -2.10. The largest absolute Gasteiger partial charge is 0.493 e. The molecule has 1 aromatic heterocycles. The molecule has 0 fully saturated rings. The first-order chi connectivity index (χ1) is 9.72. The zero-order valence-corrected chi connectivity index (χ0v) is 11.6. The predicted molar refractivity (Wildman–Crippen MR) is 78.3 cm³/mol. The molecule has 0 saturated carbocycles. The van der Waals surface area contributed by atoms with E-state index in [0.717, 1.165) is 18.2 Å². The van der Waals surface area contributed by atoms with E-state index in [1.807, 2.05) is 18.2 Å². The average Bonchev–Trinajstić information content (AvgIpc) is 2.46. The maximum atomic E-state index is 11.1. The number of aromatic nitrogens is 1. The van der Waals surface area contributed by atoms with Gasteiger partial charge in [0.15, 0.2) is 5.69 Å². The molecule has 0 aliphatic rings. The molecule has 2 aromatic rings. The van der Waals surface area contributed by atoms with Gasteiger partial charge in [0.05, 0.1) is 12.1 Å². The first-order valence-electron chi connectivity index (χ1n) is 6.98. The standard InChI is InChI=1S/C16H19NO3/c1-2-3-4-7-10-20-15-11-14(16(18)19)17-13-9-6-5-8-12(13)15/h5-6,8-9,11H,2-4,7,10H2,1H3,(H,18,19). The number of nitrogens with zero attached hydrogens (tertiary/aromatic N) is 1. The number of carbonyl (C=O) groups is 1.